The molecule has 4 N–H and O–H groups in total. The number of nitrogens with two attached hydrogens (primary N) is 1. The first-order valence-electron chi connectivity index (χ1n) is 5.29. The van der Waals surface area contributed by atoms with Crippen molar-refractivity contribution >= 4 is 28.9 Å². The van der Waals surface area contributed by atoms with E-state index in [1.165, 1.54) is 6.20 Å². The number of nitrogens with one attached hydrogen (secondary N) is 2. The molecule has 0 saturated heterocycles. The SMILES string of the molecule is Cc1cccc(C(=O)Nc2[nH]ncc2C(N)=S)c1. The van der Waals surface area contributed by atoms with Crippen LogP contribution in [0.3, 0.4) is 0 Å². The minimum absolute atomic E-state index is 0.184. The van der Waals surface area contributed by atoms with Crippen LogP contribution >= 0.6 is 12.2 Å². The van der Waals surface area contributed by atoms with Gasteiger partial charge in [0.05, 0.1) is 11.8 Å². The second kappa shape index (κ2) is 4.97. The molecule has 2 aromatic rings. The van der Waals surface area contributed by atoms with Gasteiger partial charge in [0.25, 0.3) is 5.91 Å². The summed E-state index contributed by atoms with van der Waals surface area (Å²) in [4.78, 5) is 12.2. The summed E-state index contributed by atoms with van der Waals surface area (Å²) in [6.07, 6.45) is 1.48. The summed E-state index contributed by atoms with van der Waals surface area (Å²) in [5.41, 5.74) is 7.62. The van der Waals surface area contributed by atoms with Crippen molar-refractivity contribution in [3.05, 3.63) is 47.2 Å². The van der Waals surface area contributed by atoms with Gasteiger partial charge in [0, 0.05) is 5.56 Å². The summed E-state index contributed by atoms with van der Waals surface area (Å²) in [6, 6.07) is 7.28. The molecule has 2 rings (SSSR count). The molecule has 1 aromatic carbocycles. The van der Waals surface area contributed by atoms with E-state index < -0.39 is 0 Å². The number of carbonyl (C=O) groups is 1. The molecule has 0 aliphatic carbocycles. The zero-order valence-corrected chi connectivity index (χ0v) is 10.5. The lowest BCUT2D eigenvalue weighted by Crippen LogP contribution is -2.17. The number of benzene rings is 1. The summed E-state index contributed by atoms with van der Waals surface area (Å²) in [7, 11) is 0. The van der Waals surface area contributed by atoms with Crippen molar-refractivity contribution in [2.24, 2.45) is 5.73 Å². The quantitative estimate of drug-likeness (QED) is 0.732. The number of H-pyrrole nitrogens is 1. The van der Waals surface area contributed by atoms with Gasteiger partial charge in [0.1, 0.15) is 10.8 Å². The maximum absolute atomic E-state index is 12.0. The van der Waals surface area contributed by atoms with Gasteiger partial charge < -0.3 is 11.1 Å². The van der Waals surface area contributed by atoms with Gasteiger partial charge in [0.15, 0.2) is 0 Å². The number of aromatic nitrogens is 2. The highest BCUT2D eigenvalue weighted by atomic mass is 32.1. The van der Waals surface area contributed by atoms with Crippen LogP contribution in [-0.2, 0) is 0 Å². The van der Waals surface area contributed by atoms with E-state index in [4.69, 9.17) is 18.0 Å². The van der Waals surface area contributed by atoms with E-state index in [2.05, 4.69) is 15.5 Å². The Kier molecular flexibility index (Phi) is 3.38. The minimum atomic E-state index is -0.236. The van der Waals surface area contributed by atoms with Gasteiger partial charge in [-0.2, -0.15) is 5.10 Å². The van der Waals surface area contributed by atoms with Crippen molar-refractivity contribution in [3.8, 4) is 0 Å². The number of nitrogens with zero attached hydrogens (tertiary/aromatic N) is 1. The van der Waals surface area contributed by atoms with Crippen LogP contribution < -0.4 is 11.1 Å². The van der Waals surface area contributed by atoms with Crippen LogP contribution in [0.5, 0.6) is 0 Å². The fourth-order valence-electron chi connectivity index (χ4n) is 1.54. The van der Waals surface area contributed by atoms with Gasteiger partial charge in [-0.15, -0.1) is 0 Å². The van der Waals surface area contributed by atoms with Crippen LogP contribution in [0.2, 0.25) is 0 Å². The van der Waals surface area contributed by atoms with Crippen molar-refractivity contribution in [3.63, 3.8) is 0 Å². The third-order valence-corrected chi connectivity index (χ3v) is 2.64. The predicted octanol–water partition coefficient (Wildman–Crippen LogP) is 1.60. The molecule has 0 atom stereocenters. The topological polar surface area (TPSA) is 83.8 Å². The highest BCUT2D eigenvalue weighted by molar-refractivity contribution is 7.80. The third-order valence-electron chi connectivity index (χ3n) is 2.42. The number of amides is 1. The molecule has 0 bridgehead atoms. The van der Waals surface area contributed by atoms with E-state index >= 15 is 0 Å². The molecule has 0 saturated carbocycles. The molecule has 0 spiro atoms. The number of aromatic amines is 1. The van der Waals surface area contributed by atoms with E-state index in [0.29, 0.717) is 16.9 Å². The molecule has 0 aliphatic rings. The Balaban J connectivity index is 2.21. The van der Waals surface area contributed by atoms with Crippen molar-refractivity contribution in [1.29, 1.82) is 0 Å². The molecular weight excluding hydrogens is 248 g/mol. The van der Waals surface area contributed by atoms with Gasteiger partial charge in [-0.05, 0) is 19.1 Å². The van der Waals surface area contributed by atoms with Crippen LogP contribution in [0.4, 0.5) is 5.82 Å². The van der Waals surface area contributed by atoms with Crippen molar-refractivity contribution < 1.29 is 4.79 Å². The zero-order valence-electron chi connectivity index (χ0n) is 9.73. The van der Waals surface area contributed by atoms with Crippen LogP contribution in [0.15, 0.2) is 30.5 Å². The van der Waals surface area contributed by atoms with E-state index in [0.717, 1.165) is 5.56 Å². The maximum atomic E-state index is 12.0. The summed E-state index contributed by atoms with van der Waals surface area (Å²) in [5.74, 6) is 0.175. The first-order chi connectivity index (χ1) is 8.58. The molecule has 0 radical (unpaired) electrons. The van der Waals surface area contributed by atoms with Gasteiger partial charge in [0.2, 0.25) is 0 Å². The average molecular weight is 260 g/mol. The first-order valence-corrected chi connectivity index (χ1v) is 5.70. The first kappa shape index (κ1) is 12.3. The van der Waals surface area contributed by atoms with E-state index in [9.17, 15) is 4.79 Å². The third kappa shape index (κ3) is 2.54. The average Bonchev–Trinajstić information content (AvgIpc) is 2.77. The van der Waals surface area contributed by atoms with Crippen molar-refractivity contribution in [1.82, 2.24) is 10.2 Å². The Morgan fingerprint density at radius 1 is 1.50 bits per heavy atom. The van der Waals surface area contributed by atoms with Crippen LogP contribution in [-0.4, -0.2) is 21.1 Å². The molecule has 0 aliphatic heterocycles. The highest BCUT2D eigenvalue weighted by Gasteiger charge is 2.12. The lowest BCUT2D eigenvalue weighted by atomic mass is 10.1. The Morgan fingerprint density at radius 2 is 2.28 bits per heavy atom. The summed E-state index contributed by atoms with van der Waals surface area (Å²) in [6.45, 7) is 1.92. The Hall–Kier alpha value is -2.21. The van der Waals surface area contributed by atoms with Gasteiger partial charge in [-0.3, -0.25) is 9.89 Å². The summed E-state index contributed by atoms with van der Waals surface area (Å²) < 4.78 is 0. The summed E-state index contributed by atoms with van der Waals surface area (Å²) in [5, 5.41) is 9.14. The molecule has 1 amide bonds. The van der Waals surface area contributed by atoms with E-state index in [1.807, 2.05) is 19.1 Å². The molecule has 6 heteroatoms. The molecule has 18 heavy (non-hydrogen) atoms. The largest absolute Gasteiger partial charge is 0.389 e. The standard InChI is InChI=1S/C12H12N4OS/c1-7-3-2-4-8(5-7)12(17)15-11-9(10(13)18)6-14-16-11/h2-6H,1H3,(H2,13,18)(H2,14,15,16,17). The maximum Gasteiger partial charge on any atom is 0.256 e. The molecule has 0 unspecified atom stereocenters. The zero-order chi connectivity index (χ0) is 13.1. The van der Waals surface area contributed by atoms with E-state index in [-0.39, 0.29) is 10.9 Å². The smallest absolute Gasteiger partial charge is 0.256 e. The number of hydrogen-bond donors (Lipinski definition) is 3. The number of carbonyl (C=O) groups excluding carboxylic acids is 1. The second-order valence-corrected chi connectivity index (χ2v) is 4.29. The summed E-state index contributed by atoms with van der Waals surface area (Å²) >= 11 is 4.86. The second-order valence-electron chi connectivity index (χ2n) is 3.85. The number of aryl methyl sites for hydroxylation is 1. The Bertz CT molecular complexity index is 606. The molecule has 1 aromatic heterocycles. The van der Waals surface area contributed by atoms with Crippen molar-refractivity contribution in [2.75, 3.05) is 5.32 Å². The van der Waals surface area contributed by atoms with Crippen LogP contribution in [0, 0.1) is 6.92 Å². The van der Waals surface area contributed by atoms with E-state index in [1.54, 1.807) is 12.1 Å². The number of hydrogen-bond acceptors (Lipinski definition) is 3. The molecule has 92 valence electrons. The Labute approximate surface area is 109 Å². The number of rotatable bonds is 3. The van der Waals surface area contributed by atoms with Gasteiger partial charge in [-0.25, -0.2) is 0 Å². The lowest BCUT2D eigenvalue weighted by Gasteiger charge is -2.05. The normalized spacial score (nSPS) is 10.1. The van der Waals surface area contributed by atoms with Crippen LogP contribution in [0.25, 0.3) is 0 Å². The molecule has 1 heterocycles. The fourth-order valence-corrected chi connectivity index (χ4v) is 1.70. The highest BCUT2D eigenvalue weighted by Crippen LogP contribution is 2.13. The number of anilines is 1. The molecule has 5 nitrogen and oxygen atoms in total. The molecule has 0 fully saturated rings. The fraction of sp³-hybridized carbons (Fsp3) is 0.0833. The number of thiocarbonyl (C=S) groups is 1. The predicted molar refractivity (Wildman–Crippen MR) is 73.6 cm³/mol. The minimum Gasteiger partial charge on any atom is -0.389 e. The van der Waals surface area contributed by atoms with Crippen molar-refractivity contribution in [2.45, 2.75) is 6.92 Å². The lowest BCUT2D eigenvalue weighted by molar-refractivity contribution is 0.102. The van der Waals surface area contributed by atoms with Crippen LogP contribution in [0.1, 0.15) is 21.5 Å². The molecular formula is C12H12N4OS. The monoisotopic (exact) mass is 260 g/mol. The van der Waals surface area contributed by atoms with Gasteiger partial charge in [-0.1, -0.05) is 29.9 Å². The van der Waals surface area contributed by atoms with Gasteiger partial charge >= 0.3 is 0 Å². The Morgan fingerprint density at radius 3 is 2.94 bits per heavy atom.